The minimum Gasteiger partial charge on any atom is -0.494 e. The quantitative estimate of drug-likeness (QED) is 0.275. The van der Waals surface area contributed by atoms with E-state index in [9.17, 15) is 9.59 Å². The van der Waals surface area contributed by atoms with Crippen molar-refractivity contribution in [1.29, 1.82) is 0 Å². The molecule has 0 aliphatic rings. The Labute approximate surface area is 221 Å². The van der Waals surface area contributed by atoms with Crippen LogP contribution in [0.25, 0.3) is 0 Å². The van der Waals surface area contributed by atoms with E-state index in [0.29, 0.717) is 39.0 Å². The van der Waals surface area contributed by atoms with E-state index in [1.54, 1.807) is 4.90 Å². The Morgan fingerprint density at radius 1 is 0.838 bits per heavy atom. The first-order valence-corrected chi connectivity index (χ1v) is 13.3. The molecule has 3 aromatic rings. The van der Waals surface area contributed by atoms with Gasteiger partial charge in [0.2, 0.25) is 11.8 Å². The molecule has 0 saturated carbocycles. The van der Waals surface area contributed by atoms with Gasteiger partial charge >= 0.3 is 0 Å². The van der Waals surface area contributed by atoms with Gasteiger partial charge in [0.05, 0.1) is 6.61 Å². The highest BCUT2D eigenvalue weighted by molar-refractivity contribution is 5.88. The van der Waals surface area contributed by atoms with Crippen molar-refractivity contribution >= 4 is 11.8 Å². The highest BCUT2D eigenvalue weighted by Gasteiger charge is 2.30. The molecule has 5 heteroatoms. The molecule has 2 amide bonds. The Morgan fingerprint density at radius 3 is 2.14 bits per heavy atom. The lowest BCUT2D eigenvalue weighted by atomic mass is 10.0. The number of hydrogen-bond donors (Lipinski definition) is 1. The second kappa shape index (κ2) is 14.8. The molecule has 196 valence electrons. The molecule has 37 heavy (non-hydrogen) atoms. The molecule has 0 aromatic heterocycles. The summed E-state index contributed by atoms with van der Waals surface area (Å²) in [5.74, 6) is 0.653. The normalized spacial score (nSPS) is 11.5. The van der Waals surface area contributed by atoms with Gasteiger partial charge in [-0.1, -0.05) is 91.2 Å². The number of ether oxygens (including phenoxy) is 1. The Hall–Kier alpha value is -3.60. The van der Waals surface area contributed by atoms with E-state index in [-0.39, 0.29) is 11.8 Å². The van der Waals surface area contributed by atoms with Gasteiger partial charge in [-0.25, -0.2) is 0 Å². The Balaban J connectivity index is 1.76. The standard InChI is InChI=1S/C32H40N2O3/c1-4-5-21-33-32(36)30(23-27-10-7-6-8-11-27)34(24-28-17-13-25(2)14-18-28)31(35)12-9-22-37-29-19-15-26(3)16-20-29/h6-8,10-11,13-20,30H,4-5,9,12,21-24H2,1-3H3,(H,33,36)/t30-/m1/s1. The highest BCUT2D eigenvalue weighted by atomic mass is 16.5. The van der Waals surface area contributed by atoms with Gasteiger partial charge in [0, 0.05) is 25.9 Å². The van der Waals surface area contributed by atoms with Gasteiger partial charge in [-0.2, -0.15) is 0 Å². The largest absolute Gasteiger partial charge is 0.494 e. The summed E-state index contributed by atoms with van der Waals surface area (Å²) in [6.45, 7) is 7.61. The van der Waals surface area contributed by atoms with Crippen molar-refractivity contribution in [2.45, 2.75) is 65.5 Å². The van der Waals surface area contributed by atoms with Crippen molar-refractivity contribution in [3.63, 3.8) is 0 Å². The Morgan fingerprint density at radius 2 is 1.49 bits per heavy atom. The summed E-state index contributed by atoms with van der Waals surface area (Å²) in [7, 11) is 0. The molecule has 0 spiro atoms. The van der Waals surface area contributed by atoms with Crippen LogP contribution in [0.1, 0.15) is 54.9 Å². The van der Waals surface area contributed by atoms with Gasteiger partial charge in [0.15, 0.2) is 0 Å². The van der Waals surface area contributed by atoms with Gasteiger partial charge in [0.25, 0.3) is 0 Å². The Bertz CT molecular complexity index is 1100. The van der Waals surface area contributed by atoms with E-state index in [2.05, 4.69) is 12.2 Å². The van der Waals surface area contributed by atoms with Crippen LogP contribution in [0.2, 0.25) is 0 Å². The number of unbranched alkanes of at least 4 members (excludes halogenated alkanes) is 1. The first kappa shape index (κ1) is 28.0. The minimum atomic E-state index is -0.592. The average Bonchev–Trinajstić information content (AvgIpc) is 2.91. The van der Waals surface area contributed by atoms with Crippen molar-refractivity contribution in [2.75, 3.05) is 13.2 Å². The molecule has 0 aliphatic carbocycles. The number of rotatable bonds is 14. The summed E-state index contributed by atoms with van der Waals surface area (Å²) in [6, 6.07) is 25.4. The number of hydrogen-bond acceptors (Lipinski definition) is 3. The Kier molecular flexibility index (Phi) is 11.2. The van der Waals surface area contributed by atoms with Crippen molar-refractivity contribution < 1.29 is 14.3 Å². The number of benzene rings is 3. The van der Waals surface area contributed by atoms with Gasteiger partial charge in [-0.05, 0) is 49.9 Å². The number of aryl methyl sites for hydroxylation is 2. The third kappa shape index (κ3) is 9.41. The molecule has 5 nitrogen and oxygen atoms in total. The molecular formula is C32H40N2O3. The zero-order valence-corrected chi connectivity index (χ0v) is 22.4. The average molecular weight is 501 g/mol. The molecule has 0 fully saturated rings. The molecule has 0 aliphatic heterocycles. The van der Waals surface area contributed by atoms with Gasteiger partial charge < -0.3 is 15.0 Å². The summed E-state index contributed by atoms with van der Waals surface area (Å²) in [4.78, 5) is 28.8. The smallest absolute Gasteiger partial charge is 0.243 e. The number of nitrogens with one attached hydrogen (secondary N) is 1. The molecule has 0 heterocycles. The van der Waals surface area contributed by atoms with Crippen LogP contribution >= 0.6 is 0 Å². The summed E-state index contributed by atoms with van der Waals surface area (Å²) in [6.07, 6.45) is 3.26. The minimum absolute atomic E-state index is 0.0420. The van der Waals surface area contributed by atoms with Crippen LogP contribution in [-0.2, 0) is 22.6 Å². The maximum atomic E-state index is 13.6. The zero-order valence-electron chi connectivity index (χ0n) is 22.4. The van der Waals surface area contributed by atoms with E-state index < -0.39 is 6.04 Å². The second-order valence-corrected chi connectivity index (χ2v) is 9.62. The second-order valence-electron chi connectivity index (χ2n) is 9.62. The van der Waals surface area contributed by atoms with Crippen LogP contribution in [0.5, 0.6) is 5.75 Å². The van der Waals surface area contributed by atoms with Crippen LogP contribution < -0.4 is 10.1 Å². The lowest BCUT2D eigenvalue weighted by Crippen LogP contribution is -2.50. The molecule has 0 bridgehead atoms. The van der Waals surface area contributed by atoms with Crippen LogP contribution in [0.4, 0.5) is 0 Å². The number of carbonyl (C=O) groups is 2. The third-order valence-corrected chi connectivity index (χ3v) is 6.40. The lowest BCUT2D eigenvalue weighted by Gasteiger charge is -2.31. The summed E-state index contributed by atoms with van der Waals surface area (Å²) in [5.41, 5.74) is 4.38. The molecule has 1 atom stereocenters. The SMILES string of the molecule is CCCCNC(=O)[C@@H](Cc1ccccc1)N(Cc1ccc(C)cc1)C(=O)CCCOc1ccc(C)cc1. The molecule has 0 unspecified atom stereocenters. The topological polar surface area (TPSA) is 58.6 Å². The third-order valence-electron chi connectivity index (χ3n) is 6.40. The fourth-order valence-electron chi connectivity index (χ4n) is 4.14. The first-order chi connectivity index (χ1) is 18.0. The van der Waals surface area contributed by atoms with Crippen LogP contribution in [-0.4, -0.2) is 35.9 Å². The molecule has 3 aromatic carbocycles. The van der Waals surface area contributed by atoms with Crippen LogP contribution in [0.3, 0.4) is 0 Å². The summed E-state index contributed by atoms with van der Waals surface area (Å²) in [5, 5.41) is 3.07. The van der Waals surface area contributed by atoms with E-state index in [1.165, 1.54) is 5.56 Å². The molecule has 3 rings (SSSR count). The maximum Gasteiger partial charge on any atom is 0.243 e. The molecule has 0 radical (unpaired) electrons. The number of nitrogens with zero attached hydrogens (tertiary/aromatic N) is 1. The van der Waals surface area contributed by atoms with Crippen molar-refractivity contribution in [2.24, 2.45) is 0 Å². The van der Waals surface area contributed by atoms with E-state index in [1.807, 2.05) is 92.7 Å². The van der Waals surface area contributed by atoms with E-state index >= 15 is 0 Å². The molecule has 0 saturated heterocycles. The first-order valence-electron chi connectivity index (χ1n) is 13.3. The fourth-order valence-corrected chi connectivity index (χ4v) is 4.14. The van der Waals surface area contributed by atoms with Crippen LogP contribution in [0.15, 0.2) is 78.9 Å². The molecule has 1 N–H and O–H groups in total. The predicted molar refractivity (Wildman–Crippen MR) is 149 cm³/mol. The van der Waals surface area contributed by atoms with E-state index in [0.717, 1.165) is 35.3 Å². The maximum absolute atomic E-state index is 13.6. The fraction of sp³-hybridized carbons (Fsp3) is 0.375. The van der Waals surface area contributed by atoms with Crippen molar-refractivity contribution in [3.05, 3.63) is 101 Å². The molecular weight excluding hydrogens is 460 g/mol. The monoisotopic (exact) mass is 500 g/mol. The summed E-state index contributed by atoms with van der Waals surface area (Å²) >= 11 is 0. The number of amides is 2. The van der Waals surface area contributed by atoms with Crippen molar-refractivity contribution in [1.82, 2.24) is 10.2 Å². The zero-order chi connectivity index (χ0) is 26.5. The lowest BCUT2D eigenvalue weighted by molar-refractivity contribution is -0.141. The predicted octanol–water partition coefficient (Wildman–Crippen LogP) is 6.02. The number of carbonyl (C=O) groups excluding carboxylic acids is 2. The van der Waals surface area contributed by atoms with Crippen LogP contribution in [0, 0.1) is 13.8 Å². The van der Waals surface area contributed by atoms with Gasteiger partial charge in [-0.15, -0.1) is 0 Å². The van der Waals surface area contributed by atoms with Crippen molar-refractivity contribution in [3.8, 4) is 5.75 Å². The highest BCUT2D eigenvalue weighted by Crippen LogP contribution is 2.18. The van der Waals surface area contributed by atoms with Gasteiger partial charge in [0.1, 0.15) is 11.8 Å². The summed E-state index contributed by atoms with van der Waals surface area (Å²) < 4.78 is 5.84. The van der Waals surface area contributed by atoms with E-state index in [4.69, 9.17) is 4.74 Å². The van der Waals surface area contributed by atoms with Gasteiger partial charge in [-0.3, -0.25) is 9.59 Å².